The lowest BCUT2D eigenvalue weighted by Gasteiger charge is -2.26. The molecule has 2 aliphatic rings. The molecular weight excluding hydrogens is 322 g/mol. The van der Waals surface area contributed by atoms with Crippen LogP contribution in [-0.4, -0.2) is 68.1 Å². The standard InChI is InChI=1S/C18H27N3O4/c1-24-10-8-21-13-14(11-17(21)22)18(23)19-12-15(16-5-4-9-25-16)20-6-2-3-7-20/h4-5,9,14-15H,2-3,6-8,10-13H2,1H3,(H,19,23)/t14-,15-/m1/s1. The van der Waals surface area contributed by atoms with Crippen LogP contribution in [-0.2, 0) is 14.3 Å². The van der Waals surface area contributed by atoms with Crippen LogP contribution in [0.5, 0.6) is 0 Å². The molecule has 2 saturated heterocycles. The summed E-state index contributed by atoms with van der Waals surface area (Å²) in [5.74, 6) is 0.579. The van der Waals surface area contributed by atoms with Crippen LogP contribution >= 0.6 is 0 Å². The average Bonchev–Trinajstić information content (AvgIpc) is 3.35. The van der Waals surface area contributed by atoms with E-state index in [1.54, 1.807) is 18.3 Å². The number of hydrogen-bond acceptors (Lipinski definition) is 5. The third-order valence-electron chi connectivity index (χ3n) is 5.07. The van der Waals surface area contributed by atoms with Gasteiger partial charge in [-0.1, -0.05) is 0 Å². The minimum absolute atomic E-state index is 0.0272. The van der Waals surface area contributed by atoms with E-state index in [0.717, 1.165) is 18.8 Å². The van der Waals surface area contributed by atoms with Crippen LogP contribution in [0.3, 0.4) is 0 Å². The Morgan fingerprint density at radius 1 is 1.44 bits per heavy atom. The van der Waals surface area contributed by atoms with Gasteiger partial charge in [0.1, 0.15) is 5.76 Å². The number of methoxy groups -OCH3 is 1. The average molecular weight is 349 g/mol. The van der Waals surface area contributed by atoms with Crippen LogP contribution in [0.2, 0.25) is 0 Å². The molecule has 0 aromatic carbocycles. The molecule has 1 N–H and O–H groups in total. The van der Waals surface area contributed by atoms with Crippen molar-refractivity contribution in [2.75, 3.05) is 46.4 Å². The van der Waals surface area contributed by atoms with Gasteiger partial charge in [0.25, 0.3) is 0 Å². The first-order valence-electron chi connectivity index (χ1n) is 9.01. The minimum atomic E-state index is -0.278. The fourth-order valence-corrected chi connectivity index (χ4v) is 3.65. The molecule has 25 heavy (non-hydrogen) atoms. The summed E-state index contributed by atoms with van der Waals surface area (Å²) in [7, 11) is 1.61. The van der Waals surface area contributed by atoms with E-state index in [-0.39, 0.29) is 30.2 Å². The lowest BCUT2D eigenvalue weighted by Crippen LogP contribution is -2.40. The van der Waals surface area contributed by atoms with Gasteiger partial charge in [0.05, 0.1) is 24.8 Å². The van der Waals surface area contributed by atoms with Gasteiger partial charge in [-0.05, 0) is 38.1 Å². The van der Waals surface area contributed by atoms with Crippen molar-refractivity contribution < 1.29 is 18.7 Å². The van der Waals surface area contributed by atoms with Gasteiger partial charge in [-0.15, -0.1) is 0 Å². The second kappa shape index (κ2) is 8.49. The van der Waals surface area contributed by atoms with Crippen molar-refractivity contribution in [1.82, 2.24) is 15.1 Å². The number of likely N-dealkylation sites (tertiary alicyclic amines) is 2. The number of carbonyl (C=O) groups is 2. The van der Waals surface area contributed by atoms with Gasteiger partial charge < -0.3 is 19.4 Å². The molecule has 0 radical (unpaired) electrons. The summed E-state index contributed by atoms with van der Waals surface area (Å²) in [6.07, 6.45) is 4.31. The smallest absolute Gasteiger partial charge is 0.225 e. The van der Waals surface area contributed by atoms with Crippen molar-refractivity contribution in [1.29, 1.82) is 0 Å². The molecule has 0 saturated carbocycles. The summed E-state index contributed by atoms with van der Waals surface area (Å²) in [4.78, 5) is 28.6. The van der Waals surface area contributed by atoms with Crippen LogP contribution in [0.1, 0.15) is 31.1 Å². The summed E-state index contributed by atoms with van der Waals surface area (Å²) in [5.41, 5.74) is 0. The number of nitrogens with one attached hydrogen (secondary N) is 1. The zero-order valence-corrected chi connectivity index (χ0v) is 14.8. The molecule has 7 heteroatoms. The Morgan fingerprint density at radius 3 is 2.92 bits per heavy atom. The number of hydrogen-bond donors (Lipinski definition) is 1. The van der Waals surface area contributed by atoms with Crippen molar-refractivity contribution in [3.05, 3.63) is 24.2 Å². The van der Waals surface area contributed by atoms with Crippen molar-refractivity contribution in [2.45, 2.75) is 25.3 Å². The monoisotopic (exact) mass is 349 g/mol. The first-order chi connectivity index (χ1) is 12.2. The van der Waals surface area contributed by atoms with Crippen LogP contribution in [0.4, 0.5) is 0 Å². The van der Waals surface area contributed by atoms with Crippen LogP contribution < -0.4 is 5.32 Å². The van der Waals surface area contributed by atoms with Gasteiger partial charge in [-0.2, -0.15) is 0 Å². The highest BCUT2D eigenvalue weighted by atomic mass is 16.5. The minimum Gasteiger partial charge on any atom is -0.468 e. The molecule has 138 valence electrons. The molecular formula is C18H27N3O4. The van der Waals surface area contributed by atoms with E-state index in [0.29, 0.717) is 26.2 Å². The molecule has 1 aromatic rings. The van der Waals surface area contributed by atoms with Crippen molar-refractivity contribution >= 4 is 11.8 Å². The van der Waals surface area contributed by atoms with Gasteiger partial charge in [0.15, 0.2) is 0 Å². The van der Waals surface area contributed by atoms with Crippen molar-refractivity contribution in [2.24, 2.45) is 5.92 Å². The second-order valence-electron chi connectivity index (χ2n) is 6.75. The predicted molar refractivity (Wildman–Crippen MR) is 91.8 cm³/mol. The summed E-state index contributed by atoms with van der Waals surface area (Å²) in [6, 6.07) is 3.90. The van der Waals surface area contributed by atoms with E-state index < -0.39 is 0 Å². The van der Waals surface area contributed by atoms with Gasteiger partial charge in [0.2, 0.25) is 11.8 Å². The maximum absolute atomic E-state index is 12.5. The topological polar surface area (TPSA) is 75.0 Å². The van der Waals surface area contributed by atoms with Gasteiger partial charge in [-0.25, -0.2) is 0 Å². The highest BCUT2D eigenvalue weighted by Crippen LogP contribution is 2.25. The molecule has 1 aromatic heterocycles. The van der Waals surface area contributed by atoms with E-state index in [1.165, 1.54) is 12.8 Å². The molecule has 0 spiro atoms. The van der Waals surface area contributed by atoms with Crippen molar-refractivity contribution in [3.63, 3.8) is 0 Å². The van der Waals surface area contributed by atoms with Crippen LogP contribution in [0.15, 0.2) is 22.8 Å². The number of amides is 2. The quantitative estimate of drug-likeness (QED) is 0.759. The predicted octanol–water partition coefficient (Wildman–Crippen LogP) is 1.03. The van der Waals surface area contributed by atoms with E-state index in [4.69, 9.17) is 9.15 Å². The van der Waals surface area contributed by atoms with E-state index >= 15 is 0 Å². The highest BCUT2D eigenvalue weighted by Gasteiger charge is 2.34. The molecule has 3 rings (SSSR count). The Kier molecular flexibility index (Phi) is 6.09. The summed E-state index contributed by atoms with van der Waals surface area (Å²) in [6.45, 7) is 4.07. The number of furan rings is 1. The first kappa shape index (κ1) is 17.9. The maximum atomic E-state index is 12.5. The fraction of sp³-hybridized carbons (Fsp3) is 0.667. The van der Waals surface area contributed by atoms with Gasteiger partial charge in [0, 0.05) is 33.2 Å². The molecule has 7 nitrogen and oxygen atoms in total. The molecule has 2 fully saturated rings. The number of rotatable bonds is 8. The Hall–Kier alpha value is -1.86. The SMILES string of the molecule is COCCN1C[C@H](C(=O)NC[C@H](c2ccco2)N2CCCC2)CC1=O. The lowest BCUT2D eigenvalue weighted by molar-refractivity contribution is -0.129. The van der Waals surface area contributed by atoms with Crippen LogP contribution in [0.25, 0.3) is 0 Å². The highest BCUT2D eigenvalue weighted by molar-refractivity contribution is 5.89. The second-order valence-corrected chi connectivity index (χ2v) is 6.75. The number of carbonyl (C=O) groups excluding carboxylic acids is 2. The molecule has 3 heterocycles. The summed E-state index contributed by atoms with van der Waals surface area (Å²) < 4.78 is 10.6. The lowest BCUT2D eigenvalue weighted by atomic mass is 10.1. The normalized spacial score (nSPS) is 22.5. The largest absolute Gasteiger partial charge is 0.468 e. The van der Waals surface area contributed by atoms with Gasteiger partial charge in [-0.3, -0.25) is 14.5 Å². The number of ether oxygens (including phenoxy) is 1. The van der Waals surface area contributed by atoms with E-state index in [1.807, 2.05) is 12.1 Å². The Bertz CT molecular complexity index is 569. The molecule has 2 amide bonds. The number of nitrogens with zero attached hydrogens (tertiary/aromatic N) is 2. The summed E-state index contributed by atoms with van der Waals surface area (Å²) in [5, 5.41) is 3.04. The third kappa shape index (κ3) is 4.41. The zero-order valence-electron chi connectivity index (χ0n) is 14.8. The van der Waals surface area contributed by atoms with E-state index in [2.05, 4.69) is 10.2 Å². The molecule has 0 unspecified atom stereocenters. The zero-order chi connectivity index (χ0) is 17.6. The fourth-order valence-electron chi connectivity index (χ4n) is 3.65. The molecule has 2 atom stereocenters. The van der Waals surface area contributed by atoms with Crippen molar-refractivity contribution in [3.8, 4) is 0 Å². The molecule has 0 bridgehead atoms. The summed E-state index contributed by atoms with van der Waals surface area (Å²) >= 11 is 0. The Labute approximate surface area is 148 Å². The Balaban J connectivity index is 1.54. The first-order valence-corrected chi connectivity index (χ1v) is 9.01. The third-order valence-corrected chi connectivity index (χ3v) is 5.07. The maximum Gasteiger partial charge on any atom is 0.225 e. The Morgan fingerprint density at radius 2 is 2.24 bits per heavy atom. The van der Waals surface area contributed by atoms with Crippen LogP contribution in [0, 0.1) is 5.92 Å². The van der Waals surface area contributed by atoms with Gasteiger partial charge >= 0.3 is 0 Å². The van der Waals surface area contributed by atoms with E-state index in [9.17, 15) is 9.59 Å². The molecule has 0 aliphatic carbocycles. The molecule has 2 aliphatic heterocycles.